The standard InChI is InChI=1S/C19H20N10O5S3/c1-2-5-34-25-11(10-8-36-18(21)22-10)14(30)23-12-15(31)29-13(17(32)33)9(6-35-16(12)29)7-37-19-24-26-27-28(19)4-3-20/h1,8,12,16H,3-7,20H2,(H2,21,22)(H,23,30)(H,32,33)/t12?,16-/m1/s1. The van der Waals surface area contributed by atoms with Crippen LogP contribution in [0.4, 0.5) is 5.13 Å². The third-order valence-corrected chi connectivity index (χ3v) is 8.09. The van der Waals surface area contributed by atoms with Crippen LogP contribution in [0.1, 0.15) is 5.69 Å². The number of amides is 2. The van der Waals surface area contributed by atoms with Crippen molar-refractivity contribution in [3.05, 3.63) is 22.3 Å². The number of rotatable bonds is 11. The lowest BCUT2D eigenvalue weighted by molar-refractivity contribution is -0.150. The van der Waals surface area contributed by atoms with E-state index in [4.69, 9.17) is 22.7 Å². The summed E-state index contributed by atoms with van der Waals surface area (Å²) in [5.41, 5.74) is 11.6. The summed E-state index contributed by atoms with van der Waals surface area (Å²) in [5.74, 6) is 0.243. The van der Waals surface area contributed by atoms with Gasteiger partial charge in [-0.25, -0.2) is 14.5 Å². The molecule has 0 aliphatic carbocycles. The molecule has 2 atom stereocenters. The molecule has 18 heteroatoms. The van der Waals surface area contributed by atoms with Crippen molar-refractivity contribution in [2.75, 3.05) is 30.4 Å². The number of carboxylic acids is 1. The average Bonchev–Trinajstić information content (AvgIpc) is 3.51. The monoisotopic (exact) mass is 564 g/mol. The minimum absolute atomic E-state index is 0.122. The molecule has 2 amide bonds. The molecule has 0 aromatic carbocycles. The van der Waals surface area contributed by atoms with E-state index in [0.717, 1.165) is 11.3 Å². The first-order chi connectivity index (χ1) is 17.8. The molecule has 2 aliphatic rings. The molecule has 0 saturated carbocycles. The first-order valence-corrected chi connectivity index (χ1v) is 13.4. The Bertz CT molecular complexity index is 1320. The summed E-state index contributed by atoms with van der Waals surface area (Å²) in [7, 11) is 0. The Morgan fingerprint density at radius 1 is 1.46 bits per heavy atom. The molecule has 2 aromatic rings. The number of nitrogens with zero attached hydrogens (tertiary/aromatic N) is 7. The van der Waals surface area contributed by atoms with Crippen LogP contribution in [0.15, 0.2) is 27.0 Å². The van der Waals surface area contributed by atoms with E-state index in [1.54, 1.807) is 0 Å². The molecule has 0 spiro atoms. The van der Waals surface area contributed by atoms with Crippen molar-refractivity contribution in [1.82, 2.24) is 35.4 Å². The third kappa shape index (κ3) is 5.53. The van der Waals surface area contributed by atoms with E-state index in [0.29, 0.717) is 29.6 Å². The molecule has 2 aromatic heterocycles. The summed E-state index contributed by atoms with van der Waals surface area (Å²) in [6.07, 6.45) is 5.15. The Morgan fingerprint density at radius 2 is 2.27 bits per heavy atom. The highest BCUT2D eigenvalue weighted by molar-refractivity contribution is 8.01. The van der Waals surface area contributed by atoms with Crippen molar-refractivity contribution in [3.63, 3.8) is 0 Å². The van der Waals surface area contributed by atoms with Gasteiger partial charge in [-0.05, 0) is 16.0 Å². The van der Waals surface area contributed by atoms with Gasteiger partial charge >= 0.3 is 5.97 Å². The van der Waals surface area contributed by atoms with Gasteiger partial charge in [-0.1, -0.05) is 22.8 Å². The Balaban J connectivity index is 1.48. The van der Waals surface area contributed by atoms with Gasteiger partial charge in [0.1, 0.15) is 22.8 Å². The van der Waals surface area contributed by atoms with E-state index in [1.807, 2.05) is 0 Å². The van der Waals surface area contributed by atoms with Gasteiger partial charge in [0.25, 0.3) is 11.8 Å². The minimum Gasteiger partial charge on any atom is -0.477 e. The summed E-state index contributed by atoms with van der Waals surface area (Å²) in [6, 6.07) is -0.980. The van der Waals surface area contributed by atoms with E-state index in [1.165, 1.54) is 38.5 Å². The summed E-state index contributed by atoms with van der Waals surface area (Å²) in [6.45, 7) is 0.569. The van der Waals surface area contributed by atoms with Gasteiger partial charge in [0, 0.05) is 23.4 Å². The first-order valence-electron chi connectivity index (χ1n) is 10.5. The average molecular weight is 565 g/mol. The predicted molar refractivity (Wildman–Crippen MR) is 135 cm³/mol. The maximum absolute atomic E-state index is 13.0. The lowest BCUT2D eigenvalue weighted by Gasteiger charge is -2.49. The normalized spacial score (nSPS) is 19.2. The fourth-order valence-electron chi connectivity index (χ4n) is 3.45. The SMILES string of the molecule is C#CCON=C(C(=O)NC1C(=O)N2C(C(=O)O)=C(CSc3nnnn3CCN)CS[C@H]12)c1csc(N)n1. The van der Waals surface area contributed by atoms with Crippen LogP contribution in [0, 0.1) is 12.3 Å². The Morgan fingerprint density at radius 3 is 2.95 bits per heavy atom. The van der Waals surface area contributed by atoms with Crippen molar-refractivity contribution in [3.8, 4) is 12.3 Å². The van der Waals surface area contributed by atoms with E-state index in [9.17, 15) is 19.5 Å². The maximum atomic E-state index is 13.0. The molecule has 4 rings (SSSR count). The number of β-lactam (4-membered cyclic amide) rings is 1. The van der Waals surface area contributed by atoms with Crippen LogP contribution >= 0.6 is 34.9 Å². The number of thiazole rings is 1. The Kier molecular flexibility index (Phi) is 8.27. The zero-order valence-electron chi connectivity index (χ0n) is 18.9. The number of oxime groups is 1. The van der Waals surface area contributed by atoms with E-state index < -0.39 is 29.2 Å². The van der Waals surface area contributed by atoms with Crippen molar-refractivity contribution >= 4 is 63.5 Å². The molecule has 1 saturated heterocycles. The Labute approximate surface area is 222 Å². The molecule has 0 bridgehead atoms. The number of hydrogen-bond acceptors (Lipinski definition) is 14. The number of carbonyl (C=O) groups excluding carboxylic acids is 2. The number of nitrogens with one attached hydrogen (secondary N) is 1. The molecule has 15 nitrogen and oxygen atoms in total. The number of carbonyl (C=O) groups is 3. The molecule has 4 heterocycles. The molecular weight excluding hydrogens is 544 g/mol. The van der Waals surface area contributed by atoms with Crippen molar-refractivity contribution < 1.29 is 24.3 Å². The largest absolute Gasteiger partial charge is 0.477 e. The number of aliphatic carboxylic acids is 1. The zero-order valence-corrected chi connectivity index (χ0v) is 21.4. The highest BCUT2D eigenvalue weighted by Gasteiger charge is 2.54. The summed E-state index contributed by atoms with van der Waals surface area (Å²) in [5, 5.41) is 29.2. The number of fused-ring (bicyclic) bond motifs is 1. The van der Waals surface area contributed by atoms with Crippen LogP contribution < -0.4 is 16.8 Å². The number of nitrogens with two attached hydrogens (primary N) is 2. The first kappa shape index (κ1) is 26.4. The van der Waals surface area contributed by atoms with Crippen molar-refractivity contribution in [1.29, 1.82) is 0 Å². The zero-order chi connectivity index (χ0) is 26.5. The number of hydrogen-bond donors (Lipinski definition) is 4. The number of aromatic nitrogens is 5. The maximum Gasteiger partial charge on any atom is 0.352 e. The fourth-order valence-corrected chi connectivity index (χ4v) is 6.39. The molecule has 2 aliphatic heterocycles. The predicted octanol–water partition coefficient (Wildman–Crippen LogP) is -1.44. The van der Waals surface area contributed by atoms with Gasteiger partial charge < -0.3 is 26.7 Å². The van der Waals surface area contributed by atoms with Crippen LogP contribution in [0.5, 0.6) is 0 Å². The van der Waals surface area contributed by atoms with Crippen molar-refractivity contribution in [2.24, 2.45) is 10.9 Å². The van der Waals surface area contributed by atoms with Crippen molar-refractivity contribution in [2.45, 2.75) is 23.1 Å². The van der Waals surface area contributed by atoms with Gasteiger partial charge in [0.2, 0.25) is 5.16 Å². The highest BCUT2D eigenvalue weighted by atomic mass is 32.2. The van der Waals surface area contributed by atoms with Crippen LogP contribution in [0.25, 0.3) is 0 Å². The third-order valence-electron chi connectivity index (χ3n) is 5.04. The lowest BCUT2D eigenvalue weighted by Crippen LogP contribution is -2.71. The Hall–Kier alpha value is -3.66. The molecule has 0 radical (unpaired) electrons. The number of thioether (sulfide) groups is 2. The van der Waals surface area contributed by atoms with E-state index >= 15 is 0 Å². The van der Waals surface area contributed by atoms with Crippen LogP contribution in [0.3, 0.4) is 0 Å². The molecular formula is C19H20N10O5S3. The second-order valence-electron chi connectivity index (χ2n) is 7.37. The van der Waals surface area contributed by atoms with Gasteiger partial charge in [0.05, 0.1) is 6.54 Å². The lowest BCUT2D eigenvalue weighted by atomic mass is 10.0. The highest BCUT2D eigenvalue weighted by Crippen LogP contribution is 2.41. The summed E-state index contributed by atoms with van der Waals surface area (Å²) < 4.78 is 1.52. The number of terminal acetylenes is 1. The molecule has 194 valence electrons. The minimum atomic E-state index is -1.25. The van der Waals surface area contributed by atoms with Crippen LogP contribution in [0.2, 0.25) is 0 Å². The van der Waals surface area contributed by atoms with E-state index in [2.05, 4.69) is 36.9 Å². The fraction of sp³-hybridized carbons (Fsp3) is 0.368. The second kappa shape index (κ2) is 11.6. The quantitative estimate of drug-likeness (QED) is 0.0614. The van der Waals surface area contributed by atoms with E-state index in [-0.39, 0.29) is 34.6 Å². The topological polar surface area (TPSA) is 217 Å². The smallest absolute Gasteiger partial charge is 0.352 e. The molecule has 6 N–H and O–H groups in total. The molecule has 1 fully saturated rings. The van der Waals surface area contributed by atoms with Gasteiger partial charge in [-0.15, -0.1) is 34.6 Å². The second-order valence-corrected chi connectivity index (χ2v) is 10.3. The number of nitrogen functional groups attached to an aromatic ring is 1. The van der Waals surface area contributed by atoms with Crippen LogP contribution in [-0.2, 0) is 25.8 Å². The molecule has 1 unspecified atom stereocenters. The summed E-state index contributed by atoms with van der Waals surface area (Å²) in [4.78, 5) is 48.2. The summed E-state index contributed by atoms with van der Waals surface area (Å²) >= 11 is 3.67. The van der Waals surface area contributed by atoms with Gasteiger partial charge in [-0.3, -0.25) is 14.5 Å². The number of carboxylic acid groups (broad SMARTS) is 1. The van der Waals surface area contributed by atoms with Gasteiger partial charge in [-0.2, -0.15) is 0 Å². The number of tetrazole rings is 1. The number of anilines is 1. The van der Waals surface area contributed by atoms with Crippen LogP contribution in [-0.4, -0.2) is 94.8 Å². The van der Waals surface area contributed by atoms with Gasteiger partial charge in [0.15, 0.2) is 17.5 Å². The molecule has 37 heavy (non-hydrogen) atoms.